The fourth-order valence-corrected chi connectivity index (χ4v) is 2.61. The van der Waals surface area contributed by atoms with Gasteiger partial charge in [0, 0.05) is 37.6 Å². The molecule has 6 heteroatoms. The molecule has 0 spiro atoms. The van der Waals surface area contributed by atoms with Gasteiger partial charge >= 0.3 is 0 Å². The van der Waals surface area contributed by atoms with Gasteiger partial charge in [-0.25, -0.2) is 4.98 Å². The van der Waals surface area contributed by atoms with E-state index in [4.69, 9.17) is 0 Å². The molecule has 0 atom stereocenters. The molecule has 1 fully saturated rings. The number of thiazole rings is 1. The van der Waals surface area contributed by atoms with Crippen LogP contribution in [0.15, 0.2) is 11.2 Å². The van der Waals surface area contributed by atoms with Crippen molar-refractivity contribution in [2.45, 2.75) is 32.6 Å². The van der Waals surface area contributed by atoms with E-state index in [0.29, 0.717) is 0 Å². The van der Waals surface area contributed by atoms with Crippen LogP contribution in [0.2, 0.25) is 0 Å². The molecule has 1 aromatic heterocycles. The number of aliphatic imine (C=N–C) groups is 1. The lowest BCUT2D eigenvalue weighted by Gasteiger charge is -2.10. The second-order valence-electron chi connectivity index (χ2n) is 4.77. The molecule has 19 heavy (non-hydrogen) atoms. The molecule has 2 rings (SSSR count). The summed E-state index contributed by atoms with van der Waals surface area (Å²) >= 11 is 1.77. The fraction of sp³-hybridized carbons (Fsp3) is 0.692. The Kier molecular flexibility index (Phi) is 7.67. The van der Waals surface area contributed by atoms with E-state index in [0.717, 1.165) is 31.4 Å². The summed E-state index contributed by atoms with van der Waals surface area (Å²) in [4.78, 5) is 9.84. The maximum Gasteiger partial charge on any atom is 0.190 e. The van der Waals surface area contributed by atoms with E-state index in [1.807, 2.05) is 13.2 Å². The first-order valence-electron chi connectivity index (χ1n) is 6.63. The second-order valence-corrected chi connectivity index (χ2v) is 6.09. The summed E-state index contributed by atoms with van der Waals surface area (Å²) in [7, 11) is 1.82. The molecular weight excluding hydrogens is 371 g/mol. The average Bonchev–Trinajstić information content (AvgIpc) is 3.10. The summed E-state index contributed by atoms with van der Waals surface area (Å²) in [5.41, 5.74) is 0. The van der Waals surface area contributed by atoms with Gasteiger partial charge in [-0.15, -0.1) is 35.3 Å². The smallest absolute Gasteiger partial charge is 0.190 e. The zero-order valence-corrected chi connectivity index (χ0v) is 14.8. The van der Waals surface area contributed by atoms with E-state index in [9.17, 15) is 0 Å². The zero-order valence-electron chi connectivity index (χ0n) is 11.6. The zero-order chi connectivity index (χ0) is 12.8. The molecule has 0 radical (unpaired) electrons. The molecule has 0 aliphatic heterocycles. The third kappa shape index (κ3) is 6.56. The number of guanidine groups is 1. The quantitative estimate of drug-likeness (QED) is 0.443. The van der Waals surface area contributed by atoms with E-state index in [1.165, 1.54) is 29.1 Å². The predicted octanol–water partition coefficient (Wildman–Crippen LogP) is 2.58. The summed E-state index contributed by atoms with van der Waals surface area (Å²) < 4.78 is 0. The Balaban J connectivity index is 0.00000180. The molecule has 2 N–H and O–H groups in total. The molecule has 1 aliphatic rings. The van der Waals surface area contributed by atoms with Gasteiger partial charge in [0.15, 0.2) is 5.96 Å². The number of hydrogen-bond donors (Lipinski definition) is 2. The van der Waals surface area contributed by atoms with Gasteiger partial charge in [-0.1, -0.05) is 12.8 Å². The lowest BCUT2D eigenvalue weighted by molar-refractivity contribution is 0.684. The number of halogens is 1. The van der Waals surface area contributed by atoms with E-state index in [1.54, 1.807) is 11.3 Å². The van der Waals surface area contributed by atoms with Crippen LogP contribution in [0.1, 0.15) is 29.1 Å². The number of aromatic nitrogens is 1. The number of rotatable bonds is 6. The standard InChI is InChI=1S/C13H22N4S.HI/c1-10-9-17-12(18-10)6-8-16-13(14-2)15-7-5-11-3-4-11;/h9,11H,3-8H2,1-2H3,(H2,14,15,16);1H. The van der Waals surface area contributed by atoms with Crippen LogP contribution in [0.25, 0.3) is 0 Å². The highest BCUT2D eigenvalue weighted by atomic mass is 127. The first kappa shape index (κ1) is 16.7. The molecular formula is C13H23IN4S. The predicted molar refractivity (Wildman–Crippen MR) is 92.7 cm³/mol. The van der Waals surface area contributed by atoms with E-state index >= 15 is 0 Å². The Labute approximate surface area is 136 Å². The van der Waals surface area contributed by atoms with Gasteiger partial charge in [-0.3, -0.25) is 4.99 Å². The molecule has 0 saturated heterocycles. The summed E-state index contributed by atoms with van der Waals surface area (Å²) in [5.74, 6) is 1.87. The molecule has 0 unspecified atom stereocenters. The van der Waals surface area contributed by atoms with Crippen LogP contribution >= 0.6 is 35.3 Å². The highest BCUT2D eigenvalue weighted by Gasteiger charge is 2.20. The minimum atomic E-state index is 0. The first-order valence-corrected chi connectivity index (χ1v) is 7.45. The molecule has 108 valence electrons. The van der Waals surface area contributed by atoms with Crippen molar-refractivity contribution in [1.82, 2.24) is 15.6 Å². The van der Waals surface area contributed by atoms with Gasteiger partial charge in [0.05, 0.1) is 5.01 Å². The van der Waals surface area contributed by atoms with E-state index < -0.39 is 0 Å². The van der Waals surface area contributed by atoms with Gasteiger partial charge < -0.3 is 10.6 Å². The van der Waals surface area contributed by atoms with Crippen molar-refractivity contribution in [1.29, 1.82) is 0 Å². The maximum atomic E-state index is 4.35. The van der Waals surface area contributed by atoms with Crippen LogP contribution in [-0.4, -0.2) is 31.1 Å². The monoisotopic (exact) mass is 394 g/mol. The number of nitrogens with zero attached hydrogens (tertiary/aromatic N) is 2. The summed E-state index contributed by atoms with van der Waals surface area (Å²) in [6.45, 7) is 4.00. The number of hydrogen-bond acceptors (Lipinski definition) is 3. The Morgan fingerprint density at radius 3 is 2.74 bits per heavy atom. The molecule has 0 amide bonds. The lowest BCUT2D eigenvalue weighted by Crippen LogP contribution is -2.38. The molecule has 0 aromatic carbocycles. The summed E-state index contributed by atoms with van der Waals surface area (Å²) in [6.07, 6.45) is 6.99. The Hall–Kier alpha value is -0.370. The number of nitrogens with one attached hydrogen (secondary N) is 2. The van der Waals surface area contributed by atoms with Crippen molar-refractivity contribution in [3.63, 3.8) is 0 Å². The Morgan fingerprint density at radius 1 is 1.42 bits per heavy atom. The molecule has 1 aromatic rings. The fourth-order valence-electron chi connectivity index (χ4n) is 1.83. The van der Waals surface area contributed by atoms with Gasteiger partial charge in [-0.2, -0.15) is 0 Å². The average molecular weight is 394 g/mol. The third-order valence-electron chi connectivity index (χ3n) is 3.07. The topological polar surface area (TPSA) is 49.3 Å². The van der Waals surface area contributed by atoms with Crippen LogP contribution in [0, 0.1) is 12.8 Å². The Morgan fingerprint density at radius 2 is 2.16 bits per heavy atom. The van der Waals surface area contributed by atoms with E-state index in [2.05, 4.69) is 27.5 Å². The van der Waals surface area contributed by atoms with Crippen molar-refractivity contribution in [3.05, 3.63) is 16.1 Å². The minimum absolute atomic E-state index is 0. The van der Waals surface area contributed by atoms with Crippen molar-refractivity contribution in [2.24, 2.45) is 10.9 Å². The third-order valence-corrected chi connectivity index (χ3v) is 4.04. The SMILES string of the molecule is CN=C(NCCc1ncc(C)s1)NCCC1CC1.I. The Bertz CT molecular complexity index is 401. The second kappa shape index (κ2) is 8.73. The highest BCUT2D eigenvalue weighted by molar-refractivity contribution is 14.0. The molecule has 0 bridgehead atoms. The van der Waals surface area contributed by atoms with Gasteiger partial charge in [0.2, 0.25) is 0 Å². The minimum Gasteiger partial charge on any atom is -0.356 e. The van der Waals surface area contributed by atoms with E-state index in [-0.39, 0.29) is 24.0 Å². The van der Waals surface area contributed by atoms with Gasteiger partial charge in [0.1, 0.15) is 0 Å². The highest BCUT2D eigenvalue weighted by Crippen LogP contribution is 2.31. The van der Waals surface area contributed by atoms with Crippen molar-refractivity contribution in [3.8, 4) is 0 Å². The first-order chi connectivity index (χ1) is 8.78. The lowest BCUT2D eigenvalue weighted by atomic mass is 10.3. The number of aryl methyl sites for hydroxylation is 1. The maximum absolute atomic E-state index is 4.35. The van der Waals surface area contributed by atoms with Crippen LogP contribution in [0.4, 0.5) is 0 Å². The largest absolute Gasteiger partial charge is 0.356 e. The van der Waals surface area contributed by atoms with Crippen LogP contribution in [0.3, 0.4) is 0 Å². The molecule has 1 heterocycles. The molecule has 4 nitrogen and oxygen atoms in total. The van der Waals surface area contributed by atoms with Crippen molar-refractivity contribution < 1.29 is 0 Å². The molecule has 1 aliphatic carbocycles. The summed E-state index contributed by atoms with van der Waals surface area (Å²) in [5, 5.41) is 7.87. The van der Waals surface area contributed by atoms with Crippen LogP contribution < -0.4 is 10.6 Å². The van der Waals surface area contributed by atoms with Crippen LogP contribution in [-0.2, 0) is 6.42 Å². The van der Waals surface area contributed by atoms with Gasteiger partial charge in [0.25, 0.3) is 0 Å². The van der Waals surface area contributed by atoms with Crippen molar-refractivity contribution >= 4 is 41.3 Å². The normalized spacial score (nSPS) is 14.9. The van der Waals surface area contributed by atoms with Crippen molar-refractivity contribution in [2.75, 3.05) is 20.1 Å². The van der Waals surface area contributed by atoms with Gasteiger partial charge in [-0.05, 0) is 19.3 Å². The van der Waals surface area contributed by atoms with Crippen LogP contribution in [0.5, 0.6) is 0 Å². The molecule has 1 saturated carbocycles. The summed E-state index contributed by atoms with van der Waals surface area (Å²) in [6, 6.07) is 0.